The van der Waals surface area contributed by atoms with Gasteiger partial charge in [0, 0.05) is 5.56 Å². The van der Waals surface area contributed by atoms with Crippen LogP contribution >= 0.6 is 0 Å². The fourth-order valence-corrected chi connectivity index (χ4v) is 3.08. The maximum atomic E-state index is 12.5. The molecule has 0 spiro atoms. The van der Waals surface area contributed by atoms with Gasteiger partial charge in [-0.05, 0) is 87.9 Å². The zero-order valence-corrected chi connectivity index (χ0v) is 17.5. The van der Waals surface area contributed by atoms with Gasteiger partial charge in [-0.2, -0.15) is 13.2 Å². The first-order valence-electron chi connectivity index (χ1n) is 9.81. The summed E-state index contributed by atoms with van der Waals surface area (Å²) in [5.74, 6) is 2.19. The zero-order chi connectivity index (χ0) is 21.4. The number of rotatable bonds is 10. The lowest BCUT2D eigenvalue weighted by Gasteiger charge is -2.17. The van der Waals surface area contributed by atoms with E-state index in [1.807, 2.05) is 19.9 Å². The van der Waals surface area contributed by atoms with E-state index in [9.17, 15) is 13.2 Å². The molecule has 0 heterocycles. The van der Waals surface area contributed by atoms with Crippen molar-refractivity contribution in [2.24, 2.45) is 0 Å². The number of hydrogen-bond acceptors (Lipinski definition) is 3. The van der Waals surface area contributed by atoms with E-state index >= 15 is 0 Å². The van der Waals surface area contributed by atoms with Gasteiger partial charge in [-0.3, -0.25) is 0 Å². The Hall–Kier alpha value is -2.37. The molecule has 2 rings (SSSR count). The van der Waals surface area contributed by atoms with Gasteiger partial charge in [0.15, 0.2) is 0 Å². The predicted molar refractivity (Wildman–Crippen MR) is 108 cm³/mol. The van der Waals surface area contributed by atoms with Gasteiger partial charge in [-0.15, -0.1) is 0 Å². The number of unbranched alkanes of at least 4 members (excludes halogenated alkanes) is 3. The van der Waals surface area contributed by atoms with Crippen molar-refractivity contribution >= 4 is 0 Å². The lowest BCUT2D eigenvalue weighted by Crippen LogP contribution is -2.05. The maximum Gasteiger partial charge on any atom is 0.416 e. The highest BCUT2D eigenvalue weighted by molar-refractivity contribution is 5.52. The fraction of sp³-hybridized carbons (Fsp3) is 0.478. The Labute approximate surface area is 170 Å². The third-order valence-electron chi connectivity index (χ3n) is 4.95. The molecule has 160 valence electrons. The van der Waals surface area contributed by atoms with Gasteiger partial charge in [-0.1, -0.05) is 0 Å². The molecule has 0 aliphatic rings. The van der Waals surface area contributed by atoms with Crippen molar-refractivity contribution in [3.05, 3.63) is 52.6 Å². The summed E-state index contributed by atoms with van der Waals surface area (Å²) in [4.78, 5) is 0. The van der Waals surface area contributed by atoms with E-state index in [0.717, 1.165) is 66.0 Å². The molecule has 0 saturated carbocycles. The normalized spacial score (nSPS) is 11.4. The average molecular weight is 410 g/mol. The molecule has 2 aromatic rings. The van der Waals surface area contributed by atoms with Gasteiger partial charge < -0.3 is 14.2 Å². The average Bonchev–Trinajstić information content (AvgIpc) is 2.68. The molecular weight excluding hydrogens is 381 g/mol. The van der Waals surface area contributed by atoms with Crippen molar-refractivity contribution in [3.63, 3.8) is 0 Å². The van der Waals surface area contributed by atoms with Crippen LogP contribution in [0.3, 0.4) is 0 Å². The predicted octanol–water partition coefficient (Wildman–Crippen LogP) is 6.66. The van der Waals surface area contributed by atoms with Crippen LogP contribution in [0, 0.1) is 20.8 Å². The van der Waals surface area contributed by atoms with E-state index in [-0.39, 0.29) is 0 Å². The minimum Gasteiger partial charge on any atom is -0.496 e. The monoisotopic (exact) mass is 410 g/mol. The van der Waals surface area contributed by atoms with Crippen LogP contribution in [0.25, 0.3) is 0 Å². The molecule has 2 aromatic carbocycles. The number of alkyl halides is 3. The zero-order valence-electron chi connectivity index (χ0n) is 17.5. The van der Waals surface area contributed by atoms with Crippen molar-refractivity contribution < 1.29 is 27.4 Å². The van der Waals surface area contributed by atoms with E-state index in [1.165, 1.54) is 12.1 Å². The minimum absolute atomic E-state index is 0.459. The molecule has 0 fully saturated rings. The third kappa shape index (κ3) is 6.58. The van der Waals surface area contributed by atoms with Gasteiger partial charge in [0.25, 0.3) is 0 Å². The van der Waals surface area contributed by atoms with Crippen LogP contribution in [-0.4, -0.2) is 20.3 Å². The Morgan fingerprint density at radius 3 is 1.93 bits per heavy atom. The van der Waals surface area contributed by atoms with Crippen molar-refractivity contribution in [2.75, 3.05) is 20.3 Å². The quantitative estimate of drug-likeness (QED) is 0.410. The Morgan fingerprint density at radius 1 is 0.793 bits per heavy atom. The SMILES string of the molecule is COc1cc(C)c(C)c(OCCCCCCOc2ccc(C(F)(F)F)cc2)c1C. The van der Waals surface area contributed by atoms with Gasteiger partial charge in [0.1, 0.15) is 17.2 Å². The first-order valence-corrected chi connectivity index (χ1v) is 9.81. The molecule has 3 nitrogen and oxygen atoms in total. The topological polar surface area (TPSA) is 27.7 Å². The second-order valence-electron chi connectivity index (χ2n) is 7.11. The molecule has 0 unspecified atom stereocenters. The summed E-state index contributed by atoms with van der Waals surface area (Å²) in [6, 6.07) is 6.82. The summed E-state index contributed by atoms with van der Waals surface area (Å²) < 4.78 is 54.5. The van der Waals surface area contributed by atoms with Crippen LogP contribution in [0.2, 0.25) is 0 Å². The first kappa shape index (κ1) is 22.9. The van der Waals surface area contributed by atoms with E-state index in [1.54, 1.807) is 7.11 Å². The second kappa shape index (κ2) is 10.4. The molecule has 0 aliphatic carbocycles. The maximum absolute atomic E-state index is 12.5. The first-order chi connectivity index (χ1) is 13.7. The van der Waals surface area contributed by atoms with Gasteiger partial charge >= 0.3 is 6.18 Å². The summed E-state index contributed by atoms with van der Waals surface area (Å²) in [6.45, 7) is 7.21. The molecule has 6 heteroatoms. The summed E-state index contributed by atoms with van der Waals surface area (Å²) in [7, 11) is 1.66. The Morgan fingerprint density at radius 2 is 1.38 bits per heavy atom. The Balaban J connectivity index is 1.65. The Kier molecular flexibility index (Phi) is 8.23. The lowest BCUT2D eigenvalue weighted by atomic mass is 10.0. The van der Waals surface area contributed by atoms with E-state index in [4.69, 9.17) is 14.2 Å². The van der Waals surface area contributed by atoms with Gasteiger partial charge in [-0.25, -0.2) is 0 Å². The Bertz CT molecular complexity index is 783. The van der Waals surface area contributed by atoms with Gasteiger partial charge in [0.2, 0.25) is 0 Å². The van der Waals surface area contributed by atoms with Gasteiger partial charge in [0.05, 0.1) is 25.9 Å². The largest absolute Gasteiger partial charge is 0.496 e. The second-order valence-corrected chi connectivity index (χ2v) is 7.11. The summed E-state index contributed by atoms with van der Waals surface area (Å²) >= 11 is 0. The van der Waals surface area contributed by atoms with Crippen LogP contribution in [0.15, 0.2) is 30.3 Å². The summed E-state index contributed by atoms with van der Waals surface area (Å²) in [6.07, 6.45) is -0.579. The molecule has 0 N–H and O–H groups in total. The van der Waals surface area contributed by atoms with Crippen molar-refractivity contribution in [1.82, 2.24) is 0 Å². The standard InChI is InChI=1S/C23H29F3O3/c1-16-15-21(27-4)18(3)22(17(16)2)29-14-8-6-5-7-13-28-20-11-9-19(10-12-20)23(24,25)26/h9-12,15H,5-8,13-14H2,1-4H3. The van der Waals surface area contributed by atoms with Crippen LogP contribution in [-0.2, 0) is 6.18 Å². The molecule has 0 amide bonds. The highest BCUT2D eigenvalue weighted by Crippen LogP contribution is 2.34. The molecule has 0 radical (unpaired) electrons. The summed E-state index contributed by atoms with van der Waals surface area (Å²) in [5.41, 5.74) is 2.62. The number of ether oxygens (including phenoxy) is 3. The molecule has 0 aromatic heterocycles. The summed E-state index contributed by atoms with van der Waals surface area (Å²) in [5, 5.41) is 0. The number of methoxy groups -OCH3 is 1. The smallest absolute Gasteiger partial charge is 0.416 e. The fourth-order valence-electron chi connectivity index (χ4n) is 3.08. The van der Waals surface area contributed by atoms with Crippen molar-refractivity contribution in [3.8, 4) is 17.2 Å². The molecule has 0 atom stereocenters. The third-order valence-corrected chi connectivity index (χ3v) is 4.95. The van der Waals surface area contributed by atoms with E-state index < -0.39 is 11.7 Å². The van der Waals surface area contributed by atoms with Crippen LogP contribution in [0.5, 0.6) is 17.2 Å². The molecule has 29 heavy (non-hydrogen) atoms. The molecule has 0 bridgehead atoms. The highest BCUT2D eigenvalue weighted by atomic mass is 19.4. The van der Waals surface area contributed by atoms with Crippen LogP contribution in [0.4, 0.5) is 13.2 Å². The van der Waals surface area contributed by atoms with E-state index in [2.05, 4.69) is 6.92 Å². The van der Waals surface area contributed by atoms with Crippen LogP contribution in [0.1, 0.15) is 47.9 Å². The molecule has 0 saturated heterocycles. The highest BCUT2D eigenvalue weighted by Gasteiger charge is 2.29. The van der Waals surface area contributed by atoms with Crippen molar-refractivity contribution in [1.29, 1.82) is 0 Å². The number of halogens is 3. The minimum atomic E-state index is -4.32. The molecule has 0 aliphatic heterocycles. The van der Waals surface area contributed by atoms with Crippen molar-refractivity contribution in [2.45, 2.75) is 52.6 Å². The number of benzene rings is 2. The molecular formula is C23H29F3O3. The number of aryl methyl sites for hydroxylation is 1. The van der Waals surface area contributed by atoms with Crippen LogP contribution < -0.4 is 14.2 Å². The van der Waals surface area contributed by atoms with E-state index in [0.29, 0.717) is 19.0 Å². The number of hydrogen-bond donors (Lipinski definition) is 0. The lowest BCUT2D eigenvalue weighted by molar-refractivity contribution is -0.137.